The van der Waals surface area contributed by atoms with Crippen molar-refractivity contribution in [2.75, 3.05) is 12.4 Å². The highest BCUT2D eigenvalue weighted by Gasteiger charge is 2.05. The van der Waals surface area contributed by atoms with E-state index in [4.69, 9.17) is 4.74 Å². The first-order valence-electron chi connectivity index (χ1n) is 6.58. The molecule has 0 fully saturated rings. The lowest BCUT2D eigenvalue weighted by Crippen LogP contribution is -2.08. The number of anilines is 1. The van der Waals surface area contributed by atoms with Gasteiger partial charge in [-0.25, -0.2) is 8.78 Å². The summed E-state index contributed by atoms with van der Waals surface area (Å²) in [6, 6.07) is 8.75. The zero-order valence-corrected chi connectivity index (χ0v) is 12.2. The number of rotatable bonds is 4. The molecule has 0 aliphatic carbocycles. The number of methoxy groups -OCH3 is 1. The Morgan fingerprint density at radius 2 is 1.91 bits per heavy atom. The summed E-state index contributed by atoms with van der Waals surface area (Å²) in [4.78, 5) is 11.8. The number of carbonyl (C=O) groups excluding carboxylic acids is 1. The molecule has 0 spiro atoms. The van der Waals surface area contributed by atoms with Crippen molar-refractivity contribution >= 4 is 17.7 Å². The topological polar surface area (TPSA) is 38.3 Å². The van der Waals surface area contributed by atoms with Gasteiger partial charge in [0.25, 0.3) is 0 Å². The number of benzene rings is 2. The predicted octanol–water partition coefficient (Wildman–Crippen LogP) is 3.93. The standard InChI is InChI=1S/C17H15F2NO2/c1-11-3-7-16(22-2)12(9-11)4-8-17(21)20-13-5-6-14(18)15(19)10-13/h3-10H,1-2H3,(H,20,21)/b8-4+. The lowest BCUT2D eigenvalue weighted by Gasteiger charge is -2.06. The van der Waals surface area contributed by atoms with Crippen LogP contribution in [0.1, 0.15) is 11.1 Å². The Morgan fingerprint density at radius 1 is 1.14 bits per heavy atom. The van der Waals surface area contributed by atoms with E-state index in [9.17, 15) is 13.6 Å². The van der Waals surface area contributed by atoms with Gasteiger partial charge >= 0.3 is 0 Å². The summed E-state index contributed by atoms with van der Waals surface area (Å²) in [5, 5.41) is 2.46. The quantitative estimate of drug-likeness (QED) is 0.869. The van der Waals surface area contributed by atoms with Crippen molar-refractivity contribution in [3.05, 3.63) is 65.2 Å². The molecule has 2 aromatic carbocycles. The first-order valence-corrected chi connectivity index (χ1v) is 6.58. The van der Waals surface area contributed by atoms with Gasteiger partial charge in [-0.2, -0.15) is 0 Å². The van der Waals surface area contributed by atoms with Crippen molar-refractivity contribution in [2.45, 2.75) is 6.92 Å². The molecule has 0 unspecified atom stereocenters. The molecule has 1 amide bonds. The van der Waals surface area contributed by atoms with Gasteiger partial charge in [0.2, 0.25) is 5.91 Å². The fourth-order valence-corrected chi connectivity index (χ4v) is 1.91. The van der Waals surface area contributed by atoms with E-state index < -0.39 is 17.5 Å². The third-order valence-corrected chi connectivity index (χ3v) is 2.99. The summed E-state index contributed by atoms with van der Waals surface area (Å²) in [5.74, 6) is -1.78. The van der Waals surface area contributed by atoms with E-state index in [-0.39, 0.29) is 5.69 Å². The van der Waals surface area contributed by atoms with Gasteiger partial charge in [-0.1, -0.05) is 11.6 Å². The number of amides is 1. The molecular weight excluding hydrogens is 288 g/mol. The molecule has 114 valence electrons. The van der Waals surface area contributed by atoms with Gasteiger partial charge in [0, 0.05) is 23.4 Å². The lowest BCUT2D eigenvalue weighted by molar-refractivity contribution is -0.111. The van der Waals surface area contributed by atoms with Crippen molar-refractivity contribution in [1.82, 2.24) is 0 Å². The van der Waals surface area contributed by atoms with Crippen LogP contribution in [0.3, 0.4) is 0 Å². The molecule has 0 atom stereocenters. The Morgan fingerprint density at radius 3 is 2.59 bits per heavy atom. The number of aryl methyl sites for hydroxylation is 1. The molecule has 22 heavy (non-hydrogen) atoms. The van der Waals surface area contributed by atoms with E-state index in [0.717, 1.165) is 23.3 Å². The Bertz CT molecular complexity index is 727. The van der Waals surface area contributed by atoms with Gasteiger partial charge in [-0.15, -0.1) is 0 Å². The van der Waals surface area contributed by atoms with E-state index in [2.05, 4.69) is 5.32 Å². The van der Waals surface area contributed by atoms with Crippen LogP contribution < -0.4 is 10.1 Å². The molecule has 2 aromatic rings. The Kier molecular flexibility index (Phi) is 4.88. The number of halogens is 2. The first kappa shape index (κ1) is 15.7. The van der Waals surface area contributed by atoms with Crippen LogP contribution in [-0.2, 0) is 4.79 Å². The van der Waals surface area contributed by atoms with E-state index in [1.807, 2.05) is 25.1 Å². The zero-order chi connectivity index (χ0) is 16.1. The first-order chi connectivity index (χ1) is 10.5. The number of hydrogen-bond acceptors (Lipinski definition) is 2. The maximum atomic E-state index is 13.1. The normalized spacial score (nSPS) is 10.7. The van der Waals surface area contributed by atoms with Gasteiger partial charge in [0.15, 0.2) is 11.6 Å². The summed E-state index contributed by atoms with van der Waals surface area (Å²) in [7, 11) is 1.55. The molecule has 2 rings (SSSR count). The van der Waals surface area contributed by atoms with Gasteiger partial charge in [0.1, 0.15) is 5.75 Å². The SMILES string of the molecule is COc1ccc(C)cc1/C=C/C(=O)Nc1ccc(F)c(F)c1. The molecule has 0 heterocycles. The van der Waals surface area contributed by atoms with Crippen molar-refractivity contribution in [1.29, 1.82) is 0 Å². The Balaban J connectivity index is 2.11. The molecule has 0 radical (unpaired) electrons. The second kappa shape index (κ2) is 6.85. The monoisotopic (exact) mass is 303 g/mol. The van der Waals surface area contributed by atoms with Gasteiger partial charge in [-0.3, -0.25) is 4.79 Å². The van der Waals surface area contributed by atoms with Crippen molar-refractivity contribution < 1.29 is 18.3 Å². The molecule has 0 bridgehead atoms. The maximum Gasteiger partial charge on any atom is 0.248 e. The van der Waals surface area contributed by atoms with Gasteiger partial charge in [-0.05, 0) is 37.3 Å². The fourth-order valence-electron chi connectivity index (χ4n) is 1.91. The van der Waals surface area contributed by atoms with Crippen molar-refractivity contribution in [2.24, 2.45) is 0 Å². The number of hydrogen-bond donors (Lipinski definition) is 1. The summed E-state index contributed by atoms with van der Waals surface area (Å²) >= 11 is 0. The molecule has 3 nitrogen and oxygen atoms in total. The fraction of sp³-hybridized carbons (Fsp3) is 0.118. The average molecular weight is 303 g/mol. The van der Waals surface area contributed by atoms with Crippen LogP contribution in [-0.4, -0.2) is 13.0 Å². The number of carbonyl (C=O) groups is 1. The van der Waals surface area contributed by atoms with Gasteiger partial charge < -0.3 is 10.1 Å². The van der Waals surface area contributed by atoms with Crippen LogP contribution in [0, 0.1) is 18.6 Å². The highest BCUT2D eigenvalue weighted by molar-refractivity contribution is 6.02. The second-order valence-corrected chi connectivity index (χ2v) is 4.70. The van der Waals surface area contributed by atoms with Crippen LogP contribution >= 0.6 is 0 Å². The highest BCUT2D eigenvalue weighted by Crippen LogP contribution is 2.21. The average Bonchev–Trinajstić information content (AvgIpc) is 2.49. The minimum atomic E-state index is -1.01. The molecule has 0 aliphatic heterocycles. The van der Waals surface area contributed by atoms with Crippen molar-refractivity contribution in [3.63, 3.8) is 0 Å². The van der Waals surface area contributed by atoms with Crippen LogP contribution in [0.5, 0.6) is 5.75 Å². The highest BCUT2D eigenvalue weighted by atomic mass is 19.2. The molecule has 0 saturated carbocycles. The molecule has 0 aromatic heterocycles. The van der Waals surface area contributed by atoms with E-state index in [1.165, 1.54) is 12.1 Å². The number of ether oxygens (including phenoxy) is 1. The third kappa shape index (κ3) is 3.91. The molecule has 0 saturated heterocycles. The maximum absolute atomic E-state index is 13.1. The summed E-state index contributed by atoms with van der Waals surface area (Å²) in [6.07, 6.45) is 2.90. The number of nitrogens with one attached hydrogen (secondary N) is 1. The van der Waals surface area contributed by atoms with Crippen LogP contribution in [0.25, 0.3) is 6.08 Å². The summed E-state index contributed by atoms with van der Waals surface area (Å²) in [5.41, 5.74) is 1.97. The Labute approximate surface area is 127 Å². The van der Waals surface area contributed by atoms with Gasteiger partial charge in [0.05, 0.1) is 7.11 Å². The van der Waals surface area contributed by atoms with Crippen molar-refractivity contribution in [3.8, 4) is 5.75 Å². The van der Waals surface area contributed by atoms with E-state index in [1.54, 1.807) is 13.2 Å². The lowest BCUT2D eigenvalue weighted by atomic mass is 10.1. The minimum Gasteiger partial charge on any atom is -0.496 e. The third-order valence-electron chi connectivity index (χ3n) is 2.99. The second-order valence-electron chi connectivity index (χ2n) is 4.70. The molecule has 1 N–H and O–H groups in total. The predicted molar refractivity (Wildman–Crippen MR) is 81.8 cm³/mol. The minimum absolute atomic E-state index is 0.185. The largest absolute Gasteiger partial charge is 0.496 e. The Hall–Kier alpha value is -2.69. The molecule has 5 heteroatoms. The summed E-state index contributed by atoms with van der Waals surface area (Å²) in [6.45, 7) is 1.93. The molecule has 0 aliphatic rings. The van der Waals surface area contributed by atoms with Crippen LogP contribution in [0.2, 0.25) is 0 Å². The smallest absolute Gasteiger partial charge is 0.248 e. The van der Waals surface area contributed by atoms with E-state index >= 15 is 0 Å². The molecular formula is C17H15F2NO2. The van der Waals surface area contributed by atoms with Crippen LogP contribution in [0.15, 0.2) is 42.5 Å². The van der Waals surface area contributed by atoms with E-state index in [0.29, 0.717) is 5.75 Å². The summed E-state index contributed by atoms with van der Waals surface area (Å²) < 4.78 is 31.1. The van der Waals surface area contributed by atoms with Crippen LogP contribution in [0.4, 0.5) is 14.5 Å². The zero-order valence-electron chi connectivity index (χ0n) is 12.2.